The molecule has 1 N–H and O–H groups in total. The molecular formula is C10H6N2O4S. The fourth-order valence-electron chi connectivity index (χ4n) is 1.63. The zero-order chi connectivity index (χ0) is 12.6. The van der Waals surface area contributed by atoms with Gasteiger partial charge in [-0.25, -0.2) is 0 Å². The number of nitrogens with zero attached hydrogens (tertiary/aromatic N) is 2. The van der Waals surface area contributed by atoms with Gasteiger partial charge < -0.3 is 5.11 Å². The first-order valence-electron chi connectivity index (χ1n) is 4.50. The zero-order valence-electron chi connectivity index (χ0n) is 8.36. The van der Waals surface area contributed by atoms with Crippen molar-refractivity contribution in [1.82, 2.24) is 0 Å². The highest BCUT2D eigenvalue weighted by Crippen LogP contribution is 2.38. The maximum absolute atomic E-state index is 11.5. The second kappa shape index (κ2) is 3.69. The van der Waals surface area contributed by atoms with Gasteiger partial charge >= 0.3 is 15.8 Å². The first-order valence-corrected chi connectivity index (χ1v) is 5.94. The van der Waals surface area contributed by atoms with Crippen LogP contribution in [0.1, 0.15) is 0 Å². The Bertz CT molecular complexity index is 747. The third-order valence-corrected chi connectivity index (χ3v) is 3.23. The van der Waals surface area contributed by atoms with Gasteiger partial charge in [0.25, 0.3) is 0 Å². The van der Waals surface area contributed by atoms with Crippen molar-refractivity contribution in [2.24, 2.45) is 0 Å². The van der Waals surface area contributed by atoms with Crippen molar-refractivity contribution in [2.75, 3.05) is 0 Å². The van der Waals surface area contributed by atoms with Crippen molar-refractivity contribution >= 4 is 26.6 Å². The molecule has 17 heavy (non-hydrogen) atoms. The summed E-state index contributed by atoms with van der Waals surface area (Å²) in [5.41, 5.74) is -0.689. The Morgan fingerprint density at radius 3 is 2.53 bits per heavy atom. The standard InChI is InChI=1S/C10H6N2O4S/c11-12-9-8(13)5-6-3-1-2-4-7(6)10(9)17(14,15)16/h1-5H,(H-,13,14,15,16). The third-order valence-electron chi connectivity index (χ3n) is 2.30. The summed E-state index contributed by atoms with van der Waals surface area (Å²) in [5.74, 6) is -0.779. The van der Waals surface area contributed by atoms with Gasteiger partial charge in [0.05, 0.1) is 0 Å². The highest BCUT2D eigenvalue weighted by atomic mass is 32.2. The number of hydrogen-bond acceptors (Lipinski definition) is 4. The summed E-state index contributed by atoms with van der Waals surface area (Å²) < 4.78 is 31.5. The molecule has 0 atom stereocenters. The first kappa shape index (κ1) is 11.3. The van der Waals surface area contributed by atoms with Crippen LogP contribution in [0, 0.1) is 5.39 Å². The van der Waals surface area contributed by atoms with E-state index in [1.54, 1.807) is 12.1 Å². The molecule has 7 heteroatoms. The first-order chi connectivity index (χ1) is 7.95. The van der Waals surface area contributed by atoms with Crippen molar-refractivity contribution in [2.45, 2.75) is 4.90 Å². The van der Waals surface area contributed by atoms with Crippen LogP contribution in [0.3, 0.4) is 0 Å². The topological polar surface area (TPSA) is 106 Å². The zero-order valence-corrected chi connectivity index (χ0v) is 9.18. The molecule has 0 amide bonds. The molecule has 0 aliphatic heterocycles. The third kappa shape index (κ3) is 1.80. The fraction of sp³-hybridized carbons (Fsp3) is 0. The minimum absolute atomic E-state index is 0.127. The van der Waals surface area contributed by atoms with E-state index in [0.29, 0.717) is 5.39 Å². The molecule has 6 nitrogen and oxygen atoms in total. The predicted octanol–water partition coefficient (Wildman–Crippen LogP) is 1.64. The molecule has 0 heterocycles. The molecule has 0 radical (unpaired) electrons. The van der Waals surface area contributed by atoms with Gasteiger partial charge in [-0.05, 0) is 11.1 Å². The van der Waals surface area contributed by atoms with Crippen molar-refractivity contribution in [1.29, 1.82) is 5.39 Å². The van der Waals surface area contributed by atoms with E-state index < -0.39 is 26.5 Å². The van der Waals surface area contributed by atoms with Crippen LogP contribution in [-0.4, -0.2) is 13.0 Å². The fourth-order valence-corrected chi connectivity index (χ4v) is 2.48. The Hall–Kier alpha value is -2.17. The maximum Gasteiger partial charge on any atom is 0.398 e. The Kier molecular flexibility index (Phi) is 2.46. The average Bonchev–Trinajstić information content (AvgIpc) is 2.25. The van der Waals surface area contributed by atoms with Gasteiger partial charge in [0.15, 0.2) is 9.87 Å². The Morgan fingerprint density at radius 1 is 1.29 bits per heavy atom. The maximum atomic E-state index is 11.5. The number of benzene rings is 2. The normalized spacial score (nSPS) is 11.3. The molecule has 2 rings (SSSR count). The molecule has 0 aliphatic carbocycles. The predicted molar refractivity (Wildman–Crippen MR) is 58.0 cm³/mol. The SMILES string of the molecule is N#[N+]c1c([O-])cc2ccccc2c1S(=O)(=O)O. The lowest BCUT2D eigenvalue weighted by atomic mass is 10.1. The number of diazo groups is 1. The summed E-state index contributed by atoms with van der Waals surface area (Å²) in [4.78, 5) is 1.96. The summed E-state index contributed by atoms with van der Waals surface area (Å²) in [5, 5.41) is 20.6. The van der Waals surface area contributed by atoms with E-state index in [0.717, 1.165) is 6.07 Å². The van der Waals surface area contributed by atoms with Crippen molar-refractivity contribution in [3.8, 4) is 5.75 Å². The van der Waals surface area contributed by atoms with E-state index >= 15 is 0 Å². The molecule has 0 unspecified atom stereocenters. The van der Waals surface area contributed by atoms with Gasteiger partial charge in [0.1, 0.15) is 0 Å². The summed E-state index contributed by atoms with van der Waals surface area (Å²) in [6.45, 7) is 0. The van der Waals surface area contributed by atoms with E-state index in [9.17, 15) is 13.5 Å². The average molecular weight is 250 g/mol. The molecule has 0 saturated heterocycles. The lowest BCUT2D eigenvalue weighted by molar-refractivity contribution is -0.266. The molecule has 0 fully saturated rings. The quantitative estimate of drug-likeness (QED) is 0.611. The van der Waals surface area contributed by atoms with Crippen molar-refractivity contribution < 1.29 is 18.1 Å². The van der Waals surface area contributed by atoms with Gasteiger partial charge in [0, 0.05) is 5.39 Å². The van der Waals surface area contributed by atoms with E-state index in [2.05, 4.69) is 4.98 Å². The molecule has 0 aliphatic rings. The molecule has 0 spiro atoms. The van der Waals surface area contributed by atoms with Crippen LogP contribution >= 0.6 is 0 Å². The van der Waals surface area contributed by atoms with Crippen LogP contribution in [0.5, 0.6) is 5.75 Å². The van der Waals surface area contributed by atoms with Gasteiger partial charge in [0.2, 0.25) is 5.39 Å². The van der Waals surface area contributed by atoms with Crippen LogP contribution < -0.4 is 5.11 Å². The van der Waals surface area contributed by atoms with Gasteiger partial charge in [-0.1, -0.05) is 30.3 Å². The summed E-state index contributed by atoms with van der Waals surface area (Å²) in [7, 11) is -4.65. The summed E-state index contributed by atoms with van der Waals surface area (Å²) >= 11 is 0. The Labute approximate surface area is 96.5 Å². The van der Waals surface area contributed by atoms with Crippen LogP contribution in [0.25, 0.3) is 15.7 Å². The number of hydrogen-bond donors (Lipinski definition) is 1. The van der Waals surface area contributed by atoms with E-state index in [1.807, 2.05) is 0 Å². The van der Waals surface area contributed by atoms with Gasteiger partial charge in [-0.15, -0.1) is 0 Å². The van der Waals surface area contributed by atoms with E-state index in [-0.39, 0.29) is 5.39 Å². The largest absolute Gasteiger partial charge is 0.867 e. The molecule has 0 bridgehead atoms. The minimum Gasteiger partial charge on any atom is -0.867 e. The Morgan fingerprint density at radius 2 is 1.94 bits per heavy atom. The van der Waals surface area contributed by atoms with E-state index in [1.165, 1.54) is 12.1 Å². The number of fused-ring (bicyclic) bond motifs is 1. The molecular weight excluding hydrogens is 244 g/mol. The summed E-state index contributed by atoms with van der Waals surface area (Å²) in [6, 6.07) is 7.23. The highest BCUT2D eigenvalue weighted by Gasteiger charge is 2.28. The molecule has 2 aromatic rings. The number of rotatable bonds is 1. The Balaban J connectivity index is 3.10. The summed E-state index contributed by atoms with van der Waals surface area (Å²) in [6.07, 6.45) is 0. The highest BCUT2D eigenvalue weighted by molar-refractivity contribution is 7.86. The molecule has 0 saturated carbocycles. The monoisotopic (exact) mass is 250 g/mol. The molecule has 86 valence electrons. The van der Waals surface area contributed by atoms with Crippen molar-refractivity contribution in [3.05, 3.63) is 35.3 Å². The van der Waals surface area contributed by atoms with E-state index in [4.69, 9.17) is 9.95 Å². The van der Waals surface area contributed by atoms with Crippen LogP contribution in [0.2, 0.25) is 0 Å². The minimum atomic E-state index is -4.65. The van der Waals surface area contributed by atoms with Gasteiger partial charge in [-0.2, -0.15) is 8.42 Å². The van der Waals surface area contributed by atoms with Crippen LogP contribution in [-0.2, 0) is 10.1 Å². The molecule has 2 aromatic carbocycles. The molecule has 0 aromatic heterocycles. The van der Waals surface area contributed by atoms with Crippen LogP contribution in [0.4, 0.5) is 5.69 Å². The second-order valence-corrected chi connectivity index (χ2v) is 4.71. The lowest BCUT2D eigenvalue weighted by Crippen LogP contribution is -2.02. The van der Waals surface area contributed by atoms with Crippen molar-refractivity contribution in [3.63, 3.8) is 0 Å². The smallest absolute Gasteiger partial charge is 0.398 e. The van der Waals surface area contributed by atoms with Crippen LogP contribution in [0.15, 0.2) is 35.2 Å². The second-order valence-electron chi connectivity index (χ2n) is 3.35. The van der Waals surface area contributed by atoms with Gasteiger partial charge in [-0.3, -0.25) is 4.55 Å². The lowest BCUT2D eigenvalue weighted by Gasteiger charge is -2.07.